The highest BCUT2D eigenvalue weighted by Crippen LogP contribution is 2.30. The van der Waals surface area contributed by atoms with Gasteiger partial charge in [0.2, 0.25) is 5.91 Å². The van der Waals surface area contributed by atoms with Crippen molar-refractivity contribution in [1.82, 2.24) is 0 Å². The van der Waals surface area contributed by atoms with Crippen LogP contribution in [0, 0.1) is 13.8 Å². The fourth-order valence-corrected chi connectivity index (χ4v) is 3.22. The van der Waals surface area contributed by atoms with Crippen molar-refractivity contribution in [3.63, 3.8) is 0 Å². The Morgan fingerprint density at radius 1 is 1.13 bits per heavy atom. The van der Waals surface area contributed by atoms with Crippen LogP contribution in [0.15, 0.2) is 46.9 Å². The van der Waals surface area contributed by atoms with Gasteiger partial charge in [-0.3, -0.25) is 9.59 Å². The monoisotopic (exact) mass is 372 g/mol. The van der Waals surface area contributed by atoms with Crippen molar-refractivity contribution in [3.05, 3.63) is 58.1 Å². The first kappa shape index (κ1) is 15.7. The maximum Gasteiger partial charge on any atom is 0.256 e. The van der Waals surface area contributed by atoms with Gasteiger partial charge in [-0.2, -0.15) is 0 Å². The number of hydrogen-bond donors (Lipinski definition) is 1. The lowest BCUT2D eigenvalue weighted by atomic mass is 10.1. The molecule has 4 nitrogen and oxygen atoms in total. The summed E-state index contributed by atoms with van der Waals surface area (Å²) in [6, 6.07) is 12.7. The molecule has 0 unspecified atom stereocenters. The summed E-state index contributed by atoms with van der Waals surface area (Å²) in [5, 5.41) is 3.16. The molecule has 0 radical (unpaired) electrons. The van der Waals surface area contributed by atoms with Gasteiger partial charge in [-0.15, -0.1) is 0 Å². The van der Waals surface area contributed by atoms with E-state index in [0.29, 0.717) is 5.69 Å². The number of benzene rings is 2. The number of nitrogens with zero attached hydrogens (tertiary/aromatic N) is 1. The van der Waals surface area contributed by atoms with Gasteiger partial charge in [0.05, 0.1) is 12.1 Å². The largest absolute Gasteiger partial charge is 0.372 e. The van der Waals surface area contributed by atoms with Gasteiger partial charge in [-0.25, -0.2) is 4.90 Å². The fourth-order valence-electron chi connectivity index (χ4n) is 2.82. The maximum atomic E-state index is 12.7. The van der Waals surface area contributed by atoms with E-state index >= 15 is 0 Å². The minimum absolute atomic E-state index is 0.160. The number of nitrogens with one attached hydrogen (secondary N) is 1. The molecule has 2 amide bonds. The summed E-state index contributed by atoms with van der Waals surface area (Å²) in [5.41, 5.74) is 3.50. The van der Waals surface area contributed by atoms with Crippen molar-refractivity contribution in [2.45, 2.75) is 26.3 Å². The minimum Gasteiger partial charge on any atom is -0.372 e. The number of aryl methyl sites for hydroxylation is 2. The first-order valence-electron chi connectivity index (χ1n) is 7.42. The summed E-state index contributed by atoms with van der Waals surface area (Å²) >= 11 is 3.45. The normalized spacial score (nSPS) is 17.7. The van der Waals surface area contributed by atoms with Gasteiger partial charge in [-0.05, 0) is 53.5 Å². The average Bonchev–Trinajstić information content (AvgIpc) is 2.77. The molecule has 1 aliphatic heterocycles. The lowest BCUT2D eigenvalue weighted by molar-refractivity contribution is -0.121. The predicted molar refractivity (Wildman–Crippen MR) is 94.6 cm³/mol. The molecular formula is C18H17BrN2O2. The molecule has 0 aliphatic carbocycles. The van der Waals surface area contributed by atoms with E-state index in [9.17, 15) is 9.59 Å². The van der Waals surface area contributed by atoms with Gasteiger partial charge in [-0.1, -0.05) is 29.8 Å². The molecule has 1 fully saturated rings. The Bertz CT molecular complexity index is 788. The molecule has 1 aliphatic rings. The third kappa shape index (κ3) is 3.01. The number of anilines is 2. The second kappa shape index (κ2) is 6.16. The summed E-state index contributed by atoms with van der Waals surface area (Å²) in [6.07, 6.45) is 0.160. The van der Waals surface area contributed by atoms with Gasteiger partial charge in [0.15, 0.2) is 0 Å². The fraction of sp³-hybridized carbons (Fsp3) is 0.222. The highest BCUT2D eigenvalue weighted by molar-refractivity contribution is 9.10. The standard InChI is InChI=1S/C18H17BrN2O2/c1-11-7-8-16(12(2)9-11)21-17(22)10-15(18(21)23)20-14-6-4-3-5-13(14)19/h3-9,15,20H,10H2,1-2H3/t15-/m0/s1. The topological polar surface area (TPSA) is 49.4 Å². The van der Waals surface area contributed by atoms with Crippen molar-refractivity contribution in [2.75, 3.05) is 10.2 Å². The SMILES string of the molecule is Cc1ccc(N2C(=O)C[C@H](Nc3ccccc3Br)C2=O)c(C)c1. The number of para-hydroxylation sites is 1. The number of rotatable bonds is 3. The first-order chi connectivity index (χ1) is 11.0. The van der Waals surface area contributed by atoms with Crippen molar-refractivity contribution >= 4 is 39.1 Å². The van der Waals surface area contributed by atoms with Crippen LogP contribution in [0.5, 0.6) is 0 Å². The van der Waals surface area contributed by atoms with Crippen LogP contribution in [0.2, 0.25) is 0 Å². The summed E-state index contributed by atoms with van der Waals surface area (Å²) in [7, 11) is 0. The van der Waals surface area contributed by atoms with E-state index < -0.39 is 6.04 Å². The zero-order chi connectivity index (χ0) is 16.6. The molecular weight excluding hydrogens is 356 g/mol. The summed E-state index contributed by atoms with van der Waals surface area (Å²) < 4.78 is 0.866. The molecule has 0 aromatic heterocycles. The number of carbonyl (C=O) groups is 2. The lowest BCUT2D eigenvalue weighted by Crippen LogP contribution is -2.35. The highest BCUT2D eigenvalue weighted by Gasteiger charge is 2.40. The molecule has 1 saturated heterocycles. The Balaban J connectivity index is 1.87. The third-order valence-electron chi connectivity index (χ3n) is 3.94. The molecule has 0 saturated carbocycles. The number of hydrogen-bond acceptors (Lipinski definition) is 3. The molecule has 5 heteroatoms. The minimum atomic E-state index is -0.540. The molecule has 118 valence electrons. The van der Waals surface area contributed by atoms with Crippen LogP contribution in [0.3, 0.4) is 0 Å². The first-order valence-corrected chi connectivity index (χ1v) is 8.22. The quantitative estimate of drug-likeness (QED) is 0.833. The second-order valence-electron chi connectivity index (χ2n) is 5.74. The van der Waals surface area contributed by atoms with E-state index in [1.807, 2.05) is 56.3 Å². The number of carbonyl (C=O) groups excluding carboxylic acids is 2. The third-order valence-corrected chi connectivity index (χ3v) is 4.63. The second-order valence-corrected chi connectivity index (χ2v) is 6.59. The Morgan fingerprint density at radius 2 is 1.87 bits per heavy atom. The number of imide groups is 1. The van der Waals surface area contributed by atoms with Gasteiger partial charge in [0.25, 0.3) is 5.91 Å². The van der Waals surface area contributed by atoms with E-state index in [1.54, 1.807) is 0 Å². The Labute approximate surface area is 143 Å². The van der Waals surface area contributed by atoms with Gasteiger partial charge in [0, 0.05) is 10.2 Å². The Morgan fingerprint density at radius 3 is 2.57 bits per heavy atom. The van der Waals surface area contributed by atoms with Crippen LogP contribution in [-0.2, 0) is 9.59 Å². The predicted octanol–water partition coefficient (Wildman–Crippen LogP) is 3.81. The zero-order valence-corrected chi connectivity index (χ0v) is 14.6. The summed E-state index contributed by atoms with van der Waals surface area (Å²) in [5.74, 6) is -0.385. The van der Waals surface area contributed by atoms with Gasteiger partial charge < -0.3 is 5.32 Å². The molecule has 3 rings (SSSR count). The Hall–Kier alpha value is -2.14. The number of halogens is 1. The maximum absolute atomic E-state index is 12.7. The van der Waals surface area contributed by atoms with Crippen molar-refractivity contribution in [2.24, 2.45) is 0 Å². The number of amides is 2. The smallest absolute Gasteiger partial charge is 0.256 e. The Kier molecular flexibility index (Phi) is 4.22. The highest BCUT2D eigenvalue weighted by atomic mass is 79.9. The van der Waals surface area contributed by atoms with Crippen molar-refractivity contribution in [1.29, 1.82) is 0 Å². The molecule has 1 heterocycles. The molecule has 0 bridgehead atoms. The summed E-state index contributed by atoms with van der Waals surface area (Å²) in [4.78, 5) is 26.4. The van der Waals surface area contributed by atoms with Gasteiger partial charge >= 0.3 is 0 Å². The van der Waals surface area contributed by atoms with Crippen LogP contribution >= 0.6 is 15.9 Å². The molecule has 2 aromatic carbocycles. The van der Waals surface area contributed by atoms with E-state index in [-0.39, 0.29) is 18.2 Å². The van der Waals surface area contributed by atoms with Crippen LogP contribution < -0.4 is 10.2 Å². The van der Waals surface area contributed by atoms with E-state index in [4.69, 9.17) is 0 Å². The molecule has 1 atom stereocenters. The van der Waals surface area contributed by atoms with Crippen LogP contribution in [0.25, 0.3) is 0 Å². The van der Waals surface area contributed by atoms with Crippen LogP contribution in [-0.4, -0.2) is 17.9 Å². The van der Waals surface area contributed by atoms with E-state index in [1.165, 1.54) is 4.90 Å². The van der Waals surface area contributed by atoms with E-state index in [2.05, 4.69) is 21.2 Å². The van der Waals surface area contributed by atoms with Crippen LogP contribution in [0.4, 0.5) is 11.4 Å². The van der Waals surface area contributed by atoms with Crippen LogP contribution in [0.1, 0.15) is 17.5 Å². The van der Waals surface area contributed by atoms with Crippen molar-refractivity contribution < 1.29 is 9.59 Å². The van der Waals surface area contributed by atoms with Gasteiger partial charge in [0.1, 0.15) is 6.04 Å². The molecule has 0 spiro atoms. The zero-order valence-electron chi connectivity index (χ0n) is 13.0. The molecule has 2 aromatic rings. The summed E-state index contributed by atoms with van der Waals surface area (Å²) in [6.45, 7) is 3.90. The van der Waals surface area contributed by atoms with E-state index in [0.717, 1.165) is 21.3 Å². The molecule has 1 N–H and O–H groups in total. The molecule has 23 heavy (non-hydrogen) atoms. The lowest BCUT2D eigenvalue weighted by Gasteiger charge is -2.18. The average molecular weight is 373 g/mol. The van der Waals surface area contributed by atoms with Crippen molar-refractivity contribution in [3.8, 4) is 0 Å².